The first kappa shape index (κ1) is 19.6. The van der Waals surface area contributed by atoms with Gasteiger partial charge in [0.15, 0.2) is 11.5 Å². The molecule has 0 aliphatic carbocycles. The largest absolute Gasteiger partial charge is 0.497 e. The van der Waals surface area contributed by atoms with E-state index in [-0.39, 0.29) is 6.04 Å². The van der Waals surface area contributed by atoms with Crippen LogP contribution in [-0.2, 0) is 10.5 Å². The summed E-state index contributed by atoms with van der Waals surface area (Å²) in [5, 5.41) is 9.36. The number of halogens is 1. The topological polar surface area (TPSA) is 72.4 Å². The molecule has 2 atom stereocenters. The van der Waals surface area contributed by atoms with Gasteiger partial charge >= 0.3 is 5.72 Å². The van der Waals surface area contributed by atoms with Gasteiger partial charge in [-0.1, -0.05) is 12.1 Å². The zero-order valence-electron chi connectivity index (χ0n) is 18.0. The number of hydrazone groups is 1. The van der Waals surface area contributed by atoms with Crippen LogP contribution in [0.2, 0.25) is 0 Å². The molecule has 0 radical (unpaired) electrons. The van der Waals surface area contributed by atoms with E-state index in [0.29, 0.717) is 29.2 Å². The molecule has 1 N–H and O–H groups in total. The van der Waals surface area contributed by atoms with Crippen LogP contribution in [0.15, 0.2) is 65.8 Å². The molecule has 3 heterocycles. The first-order valence-electron chi connectivity index (χ1n) is 10.5. The zero-order valence-corrected chi connectivity index (χ0v) is 18.0. The van der Waals surface area contributed by atoms with Gasteiger partial charge in [-0.15, -0.1) is 0 Å². The van der Waals surface area contributed by atoms with Gasteiger partial charge in [-0.3, -0.25) is 4.79 Å². The van der Waals surface area contributed by atoms with E-state index < -0.39 is 17.4 Å². The van der Waals surface area contributed by atoms with E-state index in [1.165, 1.54) is 18.2 Å². The maximum atomic E-state index is 14.3. The predicted molar refractivity (Wildman–Crippen MR) is 119 cm³/mol. The fraction of sp³-hybridized carbons (Fsp3) is 0.200. The van der Waals surface area contributed by atoms with Crippen molar-refractivity contribution < 1.29 is 23.4 Å². The molecule has 3 aliphatic heterocycles. The summed E-state index contributed by atoms with van der Waals surface area (Å²) in [6, 6.07) is 17.1. The van der Waals surface area contributed by atoms with Crippen molar-refractivity contribution in [1.82, 2.24) is 5.01 Å². The highest BCUT2D eigenvalue weighted by molar-refractivity contribution is 6.07. The minimum atomic E-state index is -1.65. The van der Waals surface area contributed by atoms with Crippen molar-refractivity contribution in [3.8, 4) is 17.2 Å². The highest BCUT2D eigenvalue weighted by atomic mass is 19.1. The molecule has 8 heteroatoms. The molecule has 0 fully saturated rings. The van der Waals surface area contributed by atoms with Crippen LogP contribution in [-0.4, -0.2) is 30.8 Å². The molecule has 0 saturated carbocycles. The Labute approximate surface area is 189 Å². The highest BCUT2D eigenvalue weighted by Gasteiger charge is 2.61. The van der Waals surface area contributed by atoms with Gasteiger partial charge in [0.1, 0.15) is 11.6 Å². The van der Waals surface area contributed by atoms with Crippen LogP contribution in [0.1, 0.15) is 29.2 Å². The average Bonchev–Trinajstić information content (AvgIpc) is 3.40. The van der Waals surface area contributed by atoms with Crippen molar-refractivity contribution >= 4 is 17.3 Å². The van der Waals surface area contributed by atoms with E-state index in [1.54, 1.807) is 25.3 Å². The van der Waals surface area contributed by atoms with Gasteiger partial charge in [-0.2, -0.15) is 5.10 Å². The number of fused-ring (bicyclic) bond motifs is 6. The maximum Gasteiger partial charge on any atom is 0.306 e. The molecule has 1 amide bonds. The number of carbonyl (C=O) groups is 1. The second-order valence-corrected chi connectivity index (χ2v) is 8.11. The van der Waals surface area contributed by atoms with Gasteiger partial charge in [-0.25, -0.2) is 9.40 Å². The second kappa shape index (κ2) is 6.96. The summed E-state index contributed by atoms with van der Waals surface area (Å²) in [6.45, 7) is 0. The third-order valence-corrected chi connectivity index (χ3v) is 6.40. The lowest BCUT2D eigenvalue weighted by Gasteiger charge is -2.44. The van der Waals surface area contributed by atoms with Crippen LogP contribution in [0.3, 0.4) is 0 Å². The summed E-state index contributed by atoms with van der Waals surface area (Å²) in [4.78, 5) is 13.5. The molecule has 33 heavy (non-hydrogen) atoms. The molecular formula is C25H20FN3O4. The predicted octanol–water partition coefficient (Wildman–Crippen LogP) is 4.19. The van der Waals surface area contributed by atoms with Crippen LogP contribution in [0.25, 0.3) is 0 Å². The highest BCUT2D eigenvalue weighted by Crippen LogP contribution is 2.56. The number of hydrogen-bond donors (Lipinski definition) is 1. The number of para-hydroxylation sites is 1. The summed E-state index contributed by atoms with van der Waals surface area (Å²) in [5.74, 6) is 0.810. The minimum Gasteiger partial charge on any atom is -0.497 e. The molecular weight excluding hydrogens is 425 g/mol. The van der Waals surface area contributed by atoms with E-state index >= 15 is 0 Å². The molecule has 0 bridgehead atoms. The Morgan fingerprint density at radius 3 is 2.70 bits per heavy atom. The number of nitrogens with one attached hydrogen (secondary N) is 1. The van der Waals surface area contributed by atoms with Crippen LogP contribution >= 0.6 is 0 Å². The van der Waals surface area contributed by atoms with E-state index in [4.69, 9.17) is 19.3 Å². The van der Waals surface area contributed by atoms with Crippen LogP contribution in [0, 0.1) is 5.82 Å². The SMILES string of the molecule is COc1ccc(C2=NN3[C@@H](C2)c2cccc(OC)c2O[C@@]32C(=O)Nc3ccc(F)cc32)cc1. The van der Waals surface area contributed by atoms with Gasteiger partial charge in [-0.05, 0) is 54.1 Å². The number of ether oxygens (including phenoxy) is 3. The lowest BCUT2D eigenvalue weighted by molar-refractivity contribution is -0.161. The van der Waals surface area contributed by atoms with E-state index in [0.717, 1.165) is 22.6 Å². The molecule has 3 aliphatic rings. The number of amides is 1. The van der Waals surface area contributed by atoms with Gasteiger partial charge in [0.05, 0.1) is 37.2 Å². The van der Waals surface area contributed by atoms with E-state index in [9.17, 15) is 9.18 Å². The summed E-state index contributed by atoms with van der Waals surface area (Å²) < 4.78 is 31.6. The lowest BCUT2D eigenvalue weighted by atomic mass is 9.92. The number of anilines is 1. The van der Waals surface area contributed by atoms with Gasteiger partial charge in [0.2, 0.25) is 0 Å². The number of hydrogen-bond acceptors (Lipinski definition) is 6. The van der Waals surface area contributed by atoms with Gasteiger partial charge in [0.25, 0.3) is 5.91 Å². The number of nitrogens with zero attached hydrogens (tertiary/aromatic N) is 2. The molecule has 0 saturated heterocycles. The fourth-order valence-electron chi connectivity index (χ4n) is 4.82. The first-order valence-corrected chi connectivity index (χ1v) is 10.5. The number of methoxy groups -OCH3 is 2. The Hall–Kier alpha value is -4.07. The molecule has 6 rings (SSSR count). The fourth-order valence-corrected chi connectivity index (χ4v) is 4.82. The maximum absolute atomic E-state index is 14.3. The molecule has 3 aromatic rings. The van der Waals surface area contributed by atoms with Crippen LogP contribution in [0.5, 0.6) is 17.2 Å². The quantitative estimate of drug-likeness (QED) is 0.655. The third kappa shape index (κ3) is 2.67. The Bertz CT molecular complexity index is 1320. The van der Waals surface area contributed by atoms with E-state index in [1.807, 2.05) is 36.4 Å². The van der Waals surface area contributed by atoms with Crippen molar-refractivity contribution in [2.45, 2.75) is 18.2 Å². The number of carbonyl (C=O) groups excluding carboxylic acids is 1. The second-order valence-electron chi connectivity index (χ2n) is 8.11. The Morgan fingerprint density at radius 1 is 1.12 bits per heavy atom. The first-order chi connectivity index (χ1) is 16.0. The van der Waals surface area contributed by atoms with E-state index in [2.05, 4.69) is 5.32 Å². The third-order valence-electron chi connectivity index (χ3n) is 6.40. The van der Waals surface area contributed by atoms with Crippen molar-refractivity contribution in [3.05, 3.63) is 83.2 Å². The molecule has 166 valence electrons. The Morgan fingerprint density at radius 2 is 1.94 bits per heavy atom. The van der Waals surface area contributed by atoms with Crippen molar-refractivity contribution in [2.24, 2.45) is 5.10 Å². The summed E-state index contributed by atoms with van der Waals surface area (Å²) in [6.07, 6.45) is 0.537. The average molecular weight is 445 g/mol. The number of rotatable bonds is 3. The summed E-state index contributed by atoms with van der Waals surface area (Å²) in [5.41, 5.74) is 1.77. The monoisotopic (exact) mass is 445 g/mol. The zero-order chi connectivity index (χ0) is 22.7. The van der Waals surface area contributed by atoms with Crippen molar-refractivity contribution in [3.63, 3.8) is 0 Å². The standard InChI is InChI=1S/C25H20FN3O4/c1-31-16-9-6-14(7-10-16)20-13-21-17-4-3-5-22(32-2)23(17)33-25(29(21)28-20)18-12-15(26)8-11-19(18)27-24(25)30/h3-12,21H,13H2,1-2H3,(H,27,30)/t21-,25-/m0/s1. The Kier molecular flexibility index (Phi) is 4.14. The lowest BCUT2D eigenvalue weighted by Crippen LogP contribution is -2.55. The molecule has 0 aromatic heterocycles. The smallest absolute Gasteiger partial charge is 0.306 e. The normalized spacial score (nSPS) is 22.2. The molecule has 7 nitrogen and oxygen atoms in total. The molecule has 0 unspecified atom stereocenters. The Balaban J connectivity index is 1.56. The number of benzene rings is 3. The molecule has 1 spiro atoms. The van der Waals surface area contributed by atoms with Crippen LogP contribution in [0.4, 0.5) is 10.1 Å². The van der Waals surface area contributed by atoms with Crippen molar-refractivity contribution in [2.75, 3.05) is 19.5 Å². The summed E-state index contributed by atoms with van der Waals surface area (Å²) >= 11 is 0. The van der Waals surface area contributed by atoms with Gasteiger partial charge < -0.3 is 19.5 Å². The van der Waals surface area contributed by atoms with Crippen LogP contribution < -0.4 is 19.5 Å². The van der Waals surface area contributed by atoms with Crippen molar-refractivity contribution in [1.29, 1.82) is 0 Å². The summed E-state index contributed by atoms with van der Waals surface area (Å²) in [7, 11) is 3.16. The van der Waals surface area contributed by atoms with Gasteiger partial charge in [0, 0.05) is 12.0 Å². The molecule has 3 aromatic carbocycles. The minimum absolute atomic E-state index is 0.305.